The molecule has 0 spiro atoms. The normalized spacial score (nSPS) is 29.5. The lowest BCUT2D eigenvalue weighted by Crippen LogP contribution is -2.28. The van der Waals surface area contributed by atoms with E-state index in [1.165, 1.54) is 0 Å². The minimum Gasteiger partial charge on any atom is -0.479 e. The van der Waals surface area contributed by atoms with Gasteiger partial charge in [-0.15, -0.1) is 0 Å². The van der Waals surface area contributed by atoms with Gasteiger partial charge in [0.2, 0.25) is 0 Å². The maximum absolute atomic E-state index is 10.4. The van der Waals surface area contributed by atoms with E-state index in [1.54, 1.807) is 0 Å². The first-order chi connectivity index (χ1) is 5.25. The lowest BCUT2D eigenvalue weighted by Gasteiger charge is -2.06. The molecule has 11 heavy (non-hydrogen) atoms. The Balaban J connectivity index is 2.64. The highest BCUT2D eigenvalue weighted by molar-refractivity contribution is 5.73. The molecule has 0 bridgehead atoms. The average molecular weight is 157 g/mol. The topological polar surface area (TPSA) is 95.3 Å². The van der Waals surface area contributed by atoms with E-state index < -0.39 is 18.1 Å². The van der Waals surface area contributed by atoms with E-state index in [9.17, 15) is 4.79 Å². The highest BCUT2D eigenvalue weighted by Gasteiger charge is 2.33. The van der Waals surface area contributed by atoms with Gasteiger partial charge in [0, 0.05) is 11.5 Å². The fourth-order valence-electron chi connectivity index (χ4n) is 0.999. The van der Waals surface area contributed by atoms with Gasteiger partial charge < -0.3 is 9.84 Å². The first-order valence-electron chi connectivity index (χ1n) is 3.14. The molecule has 0 aliphatic carbocycles. The molecule has 6 heteroatoms. The van der Waals surface area contributed by atoms with Crippen molar-refractivity contribution in [1.29, 1.82) is 0 Å². The van der Waals surface area contributed by atoms with Crippen molar-refractivity contribution in [1.82, 2.24) is 0 Å². The third kappa shape index (κ3) is 1.60. The minimum atomic E-state index is -1.07. The molecule has 1 N–H and O–H groups in total. The Labute approximate surface area is 62.4 Å². The van der Waals surface area contributed by atoms with Crippen LogP contribution in [-0.4, -0.2) is 29.8 Å². The van der Waals surface area contributed by atoms with Crippen LogP contribution in [-0.2, 0) is 9.53 Å². The Morgan fingerprint density at radius 2 is 2.55 bits per heavy atom. The van der Waals surface area contributed by atoms with Crippen molar-refractivity contribution in [2.75, 3.05) is 6.61 Å². The minimum absolute atomic E-state index is 0.348. The van der Waals surface area contributed by atoms with Gasteiger partial charge in [-0.05, 0) is 12.0 Å². The molecule has 0 aromatic carbocycles. The number of carbonyl (C=O) groups is 1. The Kier molecular flexibility index (Phi) is 2.30. The van der Waals surface area contributed by atoms with Gasteiger partial charge in [-0.25, -0.2) is 4.79 Å². The van der Waals surface area contributed by atoms with Gasteiger partial charge in [0.05, 0.1) is 6.04 Å². The van der Waals surface area contributed by atoms with Crippen molar-refractivity contribution in [3.8, 4) is 0 Å². The average Bonchev–Trinajstić information content (AvgIpc) is 2.36. The molecule has 0 radical (unpaired) electrons. The second kappa shape index (κ2) is 3.23. The van der Waals surface area contributed by atoms with Crippen LogP contribution < -0.4 is 0 Å². The molecule has 0 saturated carbocycles. The van der Waals surface area contributed by atoms with Gasteiger partial charge in [0.25, 0.3) is 0 Å². The summed E-state index contributed by atoms with van der Waals surface area (Å²) in [5, 5.41) is 11.8. The molecule has 1 saturated heterocycles. The Hall–Kier alpha value is -1.26. The standard InChI is InChI=1S/C5H7N3O3/c6-8-7-3-1-2-11-4(3)5(9)10/h3-4H,1-2H2,(H,9,10)/t3-,4+/m0/s1. The summed E-state index contributed by atoms with van der Waals surface area (Å²) in [6, 6.07) is -0.544. The lowest BCUT2D eigenvalue weighted by molar-refractivity contribution is -0.147. The first kappa shape index (κ1) is 7.84. The van der Waals surface area contributed by atoms with Gasteiger partial charge in [0.15, 0.2) is 6.10 Å². The molecule has 0 aromatic heterocycles. The van der Waals surface area contributed by atoms with Crippen LogP contribution in [0.25, 0.3) is 10.4 Å². The number of nitrogens with zero attached hydrogens (tertiary/aromatic N) is 3. The zero-order valence-electron chi connectivity index (χ0n) is 5.67. The van der Waals surface area contributed by atoms with Crippen LogP contribution in [0.1, 0.15) is 6.42 Å². The molecule has 1 fully saturated rings. The lowest BCUT2D eigenvalue weighted by atomic mass is 10.1. The number of ether oxygens (including phenoxy) is 1. The second-order valence-corrected chi connectivity index (χ2v) is 2.19. The van der Waals surface area contributed by atoms with E-state index >= 15 is 0 Å². The molecule has 0 amide bonds. The number of carboxylic acids is 1. The van der Waals surface area contributed by atoms with Gasteiger partial charge in [0.1, 0.15) is 0 Å². The Morgan fingerprint density at radius 1 is 1.82 bits per heavy atom. The van der Waals surface area contributed by atoms with Crippen molar-refractivity contribution < 1.29 is 14.6 Å². The molecule has 1 aliphatic heterocycles. The Morgan fingerprint density at radius 3 is 3.09 bits per heavy atom. The molecule has 0 unspecified atom stereocenters. The van der Waals surface area contributed by atoms with E-state index in [1.807, 2.05) is 0 Å². The zero-order valence-corrected chi connectivity index (χ0v) is 5.67. The van der Waals surface area contributed by atoms with Gasteiger partial charge in [-0.1, -0.05) is 5.11 Å². The number of aliphatic carboxylic acids is 1. The first-order valence-corrected chi connectivity index (χ1v) is 3.14. The molecule has 1 aliphatic rings. The summed E-state index contributed by atoms with van der Waals surface area (Å²) < 4.78 is 4.82. The third-order valence-corrected chi connectivity index (χ3v) is 1.50. The van der Waals surface area contributed by atoms with Crippen LogP contribution in [0.4, 0.5) is 0 Å². The van der Waals surface area contributed by atoms with E-state index in [-0.39, 0.29) is 0 Å². The molecular weight excluding hydrogens is 150 g/mol. The summed E-state index contributed by atoms with van der Waals surface area (Å²) in [7, 11) is 0. The maximum atomic E-state index is 10.4. The zero-order chi connectivity index (χ0) is 8.27. The van der Waals surface area contributed by atoms with Crippen LogP contribution >= 0.6 is 0 Å². The molecule has 6 nitrogen and oxygen atoms in total. The SMILES string of the molecule is [N-]=[N+]=N[C@H]1CCO[C@H]1C(=O)O. The summed E-state index contributed by atoms with van der Waals surface area (Å²) in [5.74, 6) is -1.07. The summed E-state index contributed by atoms with van der Waals surface area (Å²) in [6.45, 7) is 0.348. The molecule has 2 atom stereocenters. The largest absolute Gasteiger partial charge is 0.479 e. The van der Waals surface area contributed by atoms with E-state index in [0.29, 0.717) is 13.0 Å². The quantitative estimate of drug-likeness (QED) is 0.360. The van der Waals surface area contributed by atoms with Crippen molar-refractivity contribution in [3.63, 3.8) is 0 Å². The maximum Gasteiger partial charge on any atom is 0.333 e. The van der Waals surface area contributed by atoms with E-state index in [4.69, 9.17) is 15.4 Å². The smallest absolute Gasteiger partial charge is 0.333 e. The Bertz CT molecular complexity index is 203. The summed E-state index contributed by atoms with van der Waals surface area (Å²) in [5.41, 5.74) is 8.04. The second-order valence-electron chi connectivity index (χ2n) is 2.19. The van der Waals surface area contributed by atoms with Crippen LogP contribution in [0.3, 0.4) is 0 Å². The third-order valence-electron chi connectivity index (χ3n) is 1.50. The van der Waals surface area contributed by atoms with Crippen LogP contribution in [0.5, 0.6) is 0 Å². The predicted octanol–water partition coefficient (Wildman–Crippen LogP) is 0.539. The number of hydrogen-bond donors (Lipinski definition) is 1. The molecule has 1 heterocycles. The molecule has 0 aromatic rings. The van der Waals surface area contributed by atoms with Crippen molar-refractivity contribution in [3.05, 3.63) is 10.4 Å². The molecular formula is C5H7N3O3. The van der Waals surface area contributed by atoms with Crippen molar-refractivity contribution in [2.45, 2.75) is 18.6 Å². The van der Waals surface area contributed by atoms with Gasteiger partial charge in [-0.2, -0.15) is 0 Å². The van der Waals surface area contributed by atoms with Crippen LogP contribution in [0.15, 0.2) is 5.11 Å². The van der Waals surface area contributed by atoms with Crippen molar-refractivity contribution in [2.24, 2.45) is 5.11 Å². The molecule has 60 valence electrons. The van der Waals surface area contributed by atoms with Gasteiger partial charge in [-0.3, -0.25) is 0 Å². The number of hydrogen-bond acceptors (Lipinski definition) is 3. The van der Waals surface area contributed by atoms with E-state index in [0.717, 1.165) is 0 Å². The predicted molar refractivity (Wildman–Crippen MR) is 34.9 cm³/mol. The van der Waals surface area contributed by atoms with Gasteiger partial charge >= 0.3 is 5.97 Å². The fourth-order valence-corrected chi connectivity index (χ4v) is 0.999. The summed E-state index contributed by atoms with van der Waals surface area (Å²) in [6.07, 6.45) is -0.466. The van der Waals surface area contributed by atoms with Crippen molar-refractivity contribution >= 4 is 5.97 Å². The molecule has 1 rings (SSSR count). The number of rotatable bonds is 2. The summed E-state index contributed by atoms with van der Waals surface area (Å²) in [4.78, 5) is 12.9. The monoisotopic (exact) mass is 157 g/mol. The number of carboxylic acid groups (broad SMARTS) is 1. The van der Waals surface area contributed by atoms with Crippen LogP contribution in [0, 0.1) is 0 Å². The fraction of sp³-hybridized carbons (Fsp3) is 0.800. The number of azide groups is 1. The van der Waals surface area contributed by atoms with E-state index in [2.05, 4.69) is 10.0 Å². The highest BCUT2D eigenvalue weighted by Crippen LogP contribution is 2.16. The summed E-state index contributed by atoms with van der Waals surface area (Å²) >= 11 is 0. The highest BCUT2D eigenvalue weighted by atomic mass is 16.5. The van der Waals surface area contributed by atoms with Crippen LogP contribution in [0.2, 0.25) is 0 Å².